The lowest BCUT2D eigenvalue weighted by molar-refractivity contribution is -0.159. The number of rotatable bonds is 9. The van der Waals surface area contributed by atoms with E-state index in [1.165, 1.54) is 0 Å². The number of carbonyl (C=O) groups is 2. The van der Waals surface area contributed by atoms with Crippen molar-refractivity contribution in [3.8, 4) is 11.5 Å². The second-order valence-corrected chi connectivity index (χ2v) is 5.99. The molecule has 150 valence electrons. The minimum atomic E-state index is -0.813. The molecule has 0 aliphatic heterocycles. The Hall–Kier alpha value is -3.42. The van der Waals surface area contributed by atoms with Gasteiger partial charge in [-0.1, -0.05) is 0 Å². The summed E-state index contributed by atoms with van der Waals surface area (Å²) in [7, 11) is 0. The van der Waals surface area contributed by atoms with Gasteiger partial charge < -0.3 is 30.4 Å². The Balaban J connectivity index is 1.66. The smallest absolute Gasteiger partial charge is 0.347 e. The van der Waals surface area contributed by atoms with Crippen molar-refractivity contribution in [1.82, 2.24) is 0 Å². The molecule has 0 aliphatic carbocycles. The molecule has 0 amide bonds. The Morgan fingerprint density at radius 1 is 0.714 bits per heavy atom. The van der Waals surface area contributed by atoms with Gasteiger partial charge in [0.1, 0.15) is 24.7 Å². The monoisotopic (exact) mass is 388 g/mol. The third kappa shape index (κ3) is 6.71. The van der Waals surface area contributed by atoms with Crippen LogP contribution in [0.1, 0.15) is 13.8 Å². The lowest BCUT2D eigenvalue weighted by Gasteiger charge is -2.15. The summed E-state index contributed by atoms with van der Waals surface area (Å²) < 4.78 is 21.0. The van der Waals surface area contributed by atoms with Crippen molar-refractivity contribution in [3.05, 3.63) is 48.5 Å². The fourth-order valence-corrected chi connectivity index (χ4v) is 2.12. The van der Waals surface area contributed by atoms with E-state index in [2.05, 4.69) is 0 Å². The zero-order chi connectivity index (χ0) is 20.5. The summed E-state index contributed by atoms with van der Waals surface area (Å²) in [5.74, 6) is -0.143. The molecular formula is C20H24N2O6. The normalized spacial score (nSPS) is 12.5. The van der Waals surface area contributed by atoms with Crippen LogP contribution in [0.4, 0.5) is 11.4 Å². The van der Waals surface area contributed by atoms with Gasteiger partial charge in [-0.05, 0) is 62.4 Å². The molecule has 2 aromatic rings. The SMILES string of the molecule is C[C@H](Oc1ccc(N)cc1)C(=O)OCCOC(=O)[C@@H](C)Oc1ccc(N)cc1. The summed E-state index contributed by atoms with van der Waals surface area (Å²) in [6.45, 7) is 2.95. The van der Waals surface area contributed by atoms with Crippen molar-refractivity contribution in [2.24, 2.45) is 0 Å². The molecule has 0 aromatic heterocycles. The standard InChI is InChI=1S/C20H24N2O6/c1-13(27-17-7-3-15(21)4-8-17)19(23)25-11-12-26-20(24)14(2)28-18-9-5-16(22)6-10-18/h3-10,13-14H,11-12,21-22H2,1-2H3/t13-,14+. The Morgan fingerprint density at radius 3 is 1.36 bits per heavy atom. The van der Waals surface area contributed by atoms with Gasteiger partial charge >= 0.3 is 11.9 Å². The summed E-state index contributed by atoms with van der Waals surface area (Å²) in [5.41, 5.74) is 12.4. The van der Waals surface area contributed by atoms with E-state index in [1.807, 2.05) is 0 Å². The zero-order valence-corrected chi connectivity index (χ0v) is 15.8. The van der Waals surface area contributed by atoms with E-state index in [0.29, 0.717) is 22.9 Å². The minimum Gasteiger partial charge on any atom is -0.479 e. The maximum Gasteiger partial charge on any atom is 0.347 e. The van der Waals surface area contributed by atoms with E-state index < -0.39 is 24.1 Å². The van der Waals surface area contributed by atoms with Crippen LogP contribution in [0, 0.1) is 0 Å². The van der Waals surface area contributed by atoms with E-state index in [1.54, 1.807) is 62.4 Å². The van der Waals surface area contributed by atoms with Gasteiger partial charge in [-0.25, -0.2) is 9.59 Å². The van der Waals surface area contributed by atoms with Crippen LogP contribution in [0.15, 0.2) is 48.5 Å². The maximum atomic E-state index is 11.9. The number of hydrogen-bond acceptors (Lipinski definition) is 8. The number of ether oxygens (including phenoxy) is 4. The number of carbonyl (C=O) groups excluding carboxylic acids is 2. The molecule has 2 rings (SSSR count). The largest absolute Gasteiger partial charge is 0.479 e. The summed E-state index contributed by atoms with van der Waals surface area (Å²) in [5, 5.41) is 0. The van der Waals surface area contributed by atoms with Crippen LogP contribution in [0.3, 0.4) is 0 Å². The van der Waals surface area contributed by atoms with Crippen molar-refractivity contribution in [1.29, 1.82) is 0 Å². The number of hydrogen-bond donors (Lipinski definition) is 2. The second-order valence-electron chi connectivity index (χ2n) is 5.99. The predicted octanol–water partition coefficient (Wildman–Crippen LogP) is 2.17. The molecule has 0 fully saturated rings. The van der Waals surface area contributed by atoms with Gasteiger partial charge in [-0.15, -0.1) is 0 Å². The van der Waals surface area contributed by atoms with Crippen LogP contribution in [0.25, 0.3) is 0 Å². The maximum absolute atomic E-state index is 11.9. The lowest BCUT2D eigenvalue weighted by atomic mass is 10.3. The number of nitrogen functional groups attached to an aromatic ring is 2. The Labute approximate surface area is 163 Å². The molecule has 0 bridgehead atoms. The molecule has 0 unspecified atom stereocenters. The summed E-state index contributed by atoms with van der Waals surface area (Å²) in [6, 6.07) is 13.3. The first kappa shape index (κ1) is 20.9. The van der Waals surface area contributed by atoms with Gasteiger partial charge in [-0.3, -0.25) is 0 Å². The highest BCUT2D eigenvalue weighted by Crippen LogP contribution is 2.16. The van der Waals surface area contributed by atoms with Crippen molar-refractivity contribution < 1.29 is 28.5 Å². The predicted molar refractivity (Wildman–Crippen MR) is 104 cm³/mol. The zero-order valence-electron chi connectivity index (χ0n) is 15.8. The molecule has 2 atom stereocenters. The molecular weight excluding hydrogens is 364 g/mol. The third-order valence-electron chi connectivity index (χ3n) is 3.62. The Morgan fingerprint density at radius 2 is 1.04 bits per heavy atom. The average Bonchev–Trinajstić information content (AvgIpc) is 2.68. The fraction of sp³-hybridized carbons (Fsp3) is 0.300. The topological polar surface area (TPSA) is 123 Å². The third-order valence-corrected chi connectivity index (χ3v) is 3.62. The highest BCUT2D eigenvalue weighted by molar-refractivity contribution is 5.75. The van der Waals surface area contributed by atoms with E-state index in [4.69, 9.17) is 30.4 Å². The molecule has 8 heteroatoms. The molecule has 28 heavy (non-hydrogen) atoms. The summed E-state index contributed by atoms with van der Waals surface area (Å²) in [4.78, 5) is 23.8. The first-order valence-corrected chi connectivity index (χ1v) is 8.73. The summed E-state index contributed by atoms with van der Waals surface area (Å²) >= 11 is 0. The molecule has 0 saturated heterocycles. The van der Waals surface area contributed by atoms with Crippen molar-refractivity contribution >= 4 is 23.3 Å². The number of benzene rings is 2. The minimum absolute atomic E-state index is 0.0887. The molecule has 0 spiro atoms. The molecule has 0 radical (unpaired) electrons. The van der Waals surface area contributed by atoms with Gasteiger partial charge in [0.05, 0.1) is 0 Å². The van der Waals surface area contributed by atoms with Crippen LogP contribution < -0.4 is 20.9 Å². The van der Waals surface area contributed by atoms with Crippen molar-refractivity contribution in [2.75, 3.05) is 24.7 Å². The number of esters is 2. The number of anilines is 2. The van der Waals surface area contributed by atoms with E-state index in [9.17, 15) is 9.59 Å². The summed E-state index contributed by atoms with van der Waals surface area (Å²) in [6.07, 6.45) is -1.63. The molecule has 8 nitrogen and oxygen atoms in total. The Bertz CT molecular complexity index is 709. The molecule has 0 saturated carbocycles. The first-order valence-electron chi connectivity index (χ1n) is 8.73. The number of nitrogens with two attached hydrogens (primary N) is 2. The van der Waals surface area contributed by atoms with Crippen molar-refractivity contribution in [2.45, 2.75) is 26.1 Å². The lowest BCUT2D eigenvalue weighted by Crippen LogP contribution is -2.29. The first-order chi connectivity index (χ1) is 13.3. The van der Waals surface area contributed by atoms with Gasteiger partial charge in [0.2, 0.25) is 0 Å². The quantitative estimate of drug-likeness (QED) is 0.381. The molecule has 0 aliphatic rings. The van der Waals surface area contributed by atoms with E-state index >= 15 is 0 Å². The van der Waals surface area contributed by atoms with E-state index in [0.717, 1.165) is 0 Å². The van der Waals surface area contributed by atoms with Crippen LogP contribution in [0.5, 0.6) is 11.5 Å². The molecule has 0 heterocycles. The highest BCUT2D eigenvalue weighted by atomic mass is 16.6. The van der Waals surface area contributed by atoms with Gasteiger partial charge in [0.25, 0.3) is 0 Å². The van der Waals surface area contributed by atoms with Gasteiger partial charge in [0, 0.05) is 11.4 Å². The van der Waals surface area contributed by atoms with Crippen LogP contribution >= 0.6 is 0 Å². The average molecular weight is 388 g/mol. The van der Waals surface area contributed by atoms with Gasteiger partial charge in [0.15, 0.2) is 12.2 Å². The van der Waals surface area contributed by atoms with E-state index in [-0.39, 0.29) is 13.2 Å². The van der Waals surface area contributed by atoms with Crippen LogP contribution in [0.2, 0.25) is 0 Å². The van der Waals surface area contributed by atoms with Crippen LogP contribution in [-0.4, -0.2) is 37.4 Å². The highest BCUT2D eigenvalue weighted by Gasteiger charge is 2.18. The second kappa shape index (κ2) is 10.1. The van der Waals surface area contributed by atoms with Crippen molar-refractivity contribution in [3.63, 3.8) is 0 Å². The molecule has 4 N–H and O–H groups in total. The van der Waals surface area contributed by atoms with Crippen LogP contribution in [-0.2, 0) is 19.1 Å². The Kier molecular flexibility index (Phi) is 7.50. The fourth-order valence-electron chi connectivity index (χ4n) is 2.12. The molecule has 2 aromatic carbocycles. The van der Waals surface area contributed by atoms with Gasteiger partial charge in [-0.2, -0.15) is 0 Å².